The molecular formula is C18H25F2N. The van der Waals surface area contributed by atoms with Crippen molar-refractivity contribution < 1.29 is 8.78 Å². The average molecular weight is 293 g/mol. The van der Waals surface area contributed by atoms with Crippen molar-refractivity contribution in [3.05, 3.63) is 47.0 Å². The summed E-state index contributed by atoms with van der Waals surface area (Å²) in [6.45, 7) is 2.92. The second-order valence-electron chi connectivity index (χ2n) is 5.78. The SMILES string of the molecule is CCNC(Cc1ccc(F)cc1F)/C1=C/CCCCCC1. The van der Waals surface area contributed by atoms with Gasteiger partial charge >= 0.3 is 0 Å². The molecule has 0 amide bonds. The zero-order valence-corrected chi connectivity index (χ0v) is 12.8. The molecule has 21 heavy (non-hydrogen) atoms. The van der Waals surface area contributed by atoms with Crippen molar-refractivity contribution in [2.45, 2.75) is 57.9 Å². The highest BCUT2D eigenvalue weighted by molar-refractivity contribution is 5.23. The Morgan fingerprint density at radius 1 is 1.14 bits per heavy atom. The summed E-state index contributed by atoms with van der Waals surface area (Å²) < 4.78 is 26.9. The van der Waals surface area contributed by atoms with Crippen LogP contribution in [0.15, 0.2) is 29.8 Å². The molecule has 1 nitrogen and oxygen atoms in total. The molecule has 3 heteroatoms. The Hall–Kier alpha value is -1.22. The standard InChI is InChI=1S/C18H25F2N/c1-2-21-18(14-8-6-4-3-5-7-9-14)12-15-10-11-16(19)13-17(15)20/h8,10-11,13,18,21H,2-7,9,12H2,1H3/b14-8+. The van der Waals surface area contributed by atoms with Gasteiger partial charge in [0.25, 0.3) is 0 Å². The van der Waals surface area contributed by atoms with E-state index in [1.54, 1.807) is 6.07 Å². The van der Waals surface area contributed by atoms with Crippen molar-refractivity contribution in [2.75, 3.05) is 6.54 Å². The molecule has 116 valence electrons. The summed E-state index contributed by atoms with van der Waals surface area (Å²) in [6.07, 6.45) is 10.2. The molecule has 1 unspecified atom stereocenters. The van der Waals surface area contributed by atoms with E-state index in [2.05, 4.69) is 18.3 Å². The second kappa shape index (κ2) is 8.28. The van der Waals surface area contributed by atoms with E-state index in [0.29, 0.717) is 12.0 Å². The molecule has 1 aliphatic carbocycles. The van der Waals surface area contributed by atoms with Gasteiger partial charge in [0.1, 0.15) is 11.6 Å². The molecule has 0 fully saturated rings. The van der Waals surface area contributed by atoms with Gasteiger partial charge in [0.05, 0.1) is 0 Å². The molecule has 1 atom stereocenters. The van der Waals surface area contributed by atoms with Gasteiger partial charge in [-0.15, -0.1) is 0 Å². The number of rotatable bonds is 5. The highest BCUT2D eigenvalue weighted by Gasteiger charge is 2.17. The zero-order chi connectivity index (χ0) is 15.1. The van der Waals surface area contributed by atoms with Gasteiger partial charge in [0, 0.05) is 12.1 Å². The Bertz CT molecular complexity index is 482. The number of nitrogens with one attached hydrogen (secondary N) is 1. The van der Waals surface area contributed by atoms with E-state index in [4.69, 9.17) is 0 Å². The molecule has 0 bridgehead atoms. The number of allylic oxidation sites excluding steroid dienone is 1. The molecule has 2 rings (SSSR count). The van der Waals surface area contributed by atoms with E-state index in [1.807, 2.05) is 0 Å². The first-order chi connectivity index (χ1) is 10.2. The van der Waals surface area contributed by atoms with Crippen LogP contribution in [0, 0.1) is 11.6 Å². The van der Waals surface area contributed by atoms with Crippen LogP contribution in [0.3, 0.4) is 0 Å². The lowest BCUT2D eigenvalue weighted by molar-refractivity contribution is 0.518. The lowest BCUT2D eigenvalue weighted by Crippen LogP contribution is -2.33. The minimum absolute atomic E-state index is 0.160. The Morgan fingerprint density at radius 3 is 2.71 bits per heavy atom. The van der Waals surface area contributed by atoms with Crippen molar-refractivity contribution in [3.8, 4) is 0 Å². The van der Waals surface area contributed by atoms with Gasteiger partial charge in [-0.25, -0.2) is 8.78 Å². The molecule has 0 saturated heterocycles. The van der Waals surface area contributed by atoms with Crippen molar-refractivity contribution >= 4 is 0 Å². The van der Waals surface area contributed by atoms with Crippen LogP contribution in [-0.2, 0) is 6.42 Å². The van der Waals surface area contributed by atoms with Crippen LogP contribution in [0.25, 0.3) is 0 Å². The minimum atomic E-state index is -0.513. The summed E-state index contributed by atoms with van der Waals surface area (Å²) in [5.41, 5.74) is 1.98. The van der Waals surface area contributed by atoms with Crippen LogP contribution < -0.4 is 5.32 Å². The highest BCUT2D eigenvalue weighted by atomic mass is 19.1. The predicted molar refractivity (Wildman–Crippen MR) is 83.3 cm³/mol. The van der Waals surface area contributed by atoms with Gasteiger partial charge in [0.2, 0.25) is 0 Å². The molecule has 0 spiro atoms. The third-order valence-electron chi connectivity index (χ3n) is 4.16. The van der Waals surface area contributed by atoms with E-state index in [-0.39, 0.29) is 6.04 Å². The van der Waals surface area contributed by atoms with Crippen LogP contribution in [0.4, 0.5) is 8.78 Å². The summed E-state index contributed by atoms with van der Waals surface area (Å²) in [4.78, 5) is 0. The summed E-state index contributed by atoms with van der Waals surface area (Å²) in [5.74, 6) is -0.953. The van der Waals surface area contributed by atoms with Crippen molar-refractivity contribution in [1.29, 1.82) is 0 Å². The Balaban J connectivity index is 2.13. The van der Waals surface area contributed by atoms with E-state index >= 15 is 0 Å². The summed E-state index contributed by atoms with van der Waals surface area (Å²) in [5, 5.41) is 3.46. The number of halogens is 2. The molecule has 1 aliphatic rings. The molecule has 0 aliphatic heterocycles. The van der Waals surface area contributed by atoms with Crippen molar-refractivity contribution in [2.24, 2.45) is 0 Å². The van der Waals surface area contributed by atoms with E-state index in [0.717, 1.165) is 25.5 Å². The smallest absolute Gasteiger partial charge is 0.129 e. The fourth-order valence-corrected chi connectivity index (χ4v) is 3.02. The molecule has 1 N–H and O–H groups in total. The first-order valence-electron chi connectivity index (χ1n) is 8.07. The van der Waals surface area contributed by atoms with Crippen LogP contribution in [0.2, 0.25) is 0 Å². The topological polar surface area (TPSA) is 12.0 Å². The predicted octanol–water partition coefficient (Wildman–Crippen LogP) is 4.77. The maximum absolute atomic E-state index is 13.9. The Labute approximate surface area is 126 Å². The summed E-state index contributed by atoms with van der Waals surface area (Å²) >= 11 is 0. The van der Waals surface area contributed by atoms with Gasteiger partial charge < -0.3 is 5.32 Å². The largest absolute Gasteiger partial charge is 0.310 e. The summed E-state index contributed by atoms with van der Waals surface area (Å²) in [6, 6.07) is 4.05. The van der Waals surface area contributed by atoms with Crippen molar-refractivity contribution in [1.82, 2.24) is 5.32 Å². The maximum Gasteiger partial charge on any atom is 0.129 e. The Kier molecular flexibility index (Phi) is 6.37. The third-order valence-corrected chi connectivity index (χ3v) is 4.16. The van der Waals surface area contributed by atoms with Gasteiger partial charge in [-0.3, -0.25) is 0 Å². The zero-order valence-electron chi connectivity index (χ0n) is 12.8. The second-order valence-corrected chi connectivity index (χ2v) is 5.78. The van der Waals surface area contributed by atoms with E-state index in [1.165, 1.54) is 37.3 Å². The third kappa shape index (κ3) is 4.92. The monoisotopic (exact) mass is 293 g/mol. The fraction of sp³-hybridized carbons (Fsp3) is 0.556. The maximum atomic E-state index is 13.9. The molecular weight excluding hydrogens is 268 g/mol. The quantitative estimate of drug-likeness (QED) is 0.771. The molecule has 1 aromatic rings. The van der Waals surface area contributed by atoms with Crippen LogP contribution in [-0.4, -0.2) is 12.6 Å². The minimum Gasteiger partial charge on any atom is -0.310 e. The van der Waals surface area contributed by atoms with Gasteiger partial charge in [-0.1, -0.05) is 37.5 Å². The van der Waals surface area contributed by atoms with Gasteiger partial charge in [-0.05, 0) is 50.3 Å². The van der Waals surface area contributed by atoms with Crippen molar-refractivity contribution in [3.63, 3.8) is 0 Å². The van der Waals surface area contributed by atoms with Gasteiger partial charge in [-0.2, -0.15) is 0 Å². The lowest BCUT2D eigenvalue weighted by atomic mass is 9.91. The molecule has 1 aromatic carbocycles. The number of likely N-dealkylation sites (N-methyl/N-ethyl adjacent to an activating group) is 1. The number of benzene rings is 1. The normalized spacial score (nSPS) is 20.2. The number of hydrogen-bond acceptors (Lipinski definition) is 1. The molecule has 0 heterocycles. The molecule has 0 saturated carbocycles. The number of hydrogen-bond donors (Lipinski definition) is 1. The van der Waals surface area contributed by atoms with Crippen LogP contribution in [0.5, 0.6) is 0 Å². The fourth-order valence-electron chi connectivity index (χ4n) is 3.02. The van der Waals surface area contributed by atoms with Crippen LogP contribution >= 0.6 is 0 Å². The first-order valence-corrected chi connectivity index (χ1v) is 8.07. The van der Waals surface area contributed by atoms with E-state index < -0.39 is 11.6 Å². The first kappa shape index (κ1) is 16.2. The average Bonchev–Trinajstić information content (AvgIpc) is 2.41. The summed E-state index contributed by atoms with van der Waals surface area (Å²) in [7, 11) is 0. The molecule has 0 radical (unpaired) electrons. The van der Waals surface area contributed by atoms with Crippen LogP contribution in [0.1, 0.15) is 51.0 Å². The van der Waals surface area contributed by atoms with Gasteiger partial charge in [0.15, 0.2) is 0 Å². The highest BCUT2D eigenvalue weighted by Crippen LogP contribution is 2.22. The van der Waals surface area contributed by atoms with E-state index in [9.17, 15) is 8.78 Å². The Morgan fingerprint density at radius 2 is 1.95 bits per heavy atom. The lowest BCUT2D eigenvalue weighted by Gasteiger charge is -2.23. The molecule has 0 aromatic heterocycles.